The van der Waals surface area contributed by atoms with Crippen LogP contribution in [0, 0.1) is 5.92 Å². The molecule has 0 saturated heterocycles. The number of nitrogens with two attached hydrogens (primary N) is 1. The molecule has 1 aliphatic rings. The molecule has 1 aromatic rings. The molecule has 1 atom stereocenters. The van der Waals surface area contributed by atoms with E-state index in [0.717, 1.165) is 31.6 Å². The second-order valence-electron chi connectivity index (χ2n) is 4.82. The van der Waals surface area contributed by atoms with Crippen molar-refractivity contribution in [3.63, 3.8) is 0 Å². The van der Waals surface area contributed by atoms with Gasteiger partial charge in [-0.15, -0.1) is 0 Å². The van der Waals surface area contributed by atoms with E-state index in [2.05, 4.69) is 15.4 Å². The Morgan fingerprint density at radius 1 is 1.42 bits per heavy atom. The zero-order chi connectivity index (χ0) is 13.7. The average Bonchev–Trinajstić information content (AvgIpc) is 2.41. The average molecular weight is 266 g/mol. The highest BCUT2D eigenvalue weighted by atomic mass is 16.5. The third kappa shape index (κ3) is 3.40. The third-order valence-corrected chi connectivity index (χ3v) is 3.58. The zero-order valence-corrected chi connectivity index (χ0v) is 11.5. The van der Waals surface area contributed by atoms with Gasteiger partial charge in [-0.2, -0.15) is 0 Å². The van der Waals surface area contributed by atoms with Crippen molar-refractivity contribution < 1.29 is 9.47 Å². The number of hydrogen-bond acceptors (Lipinski definition) is 6. The highest BCUT2D eigenvalue weighted by molar-refractivity contribution is 5.21. The van der Waals surface area contributed by atoms with Gasteiger partial charge >= 0.3 is 0 Å². The predicted octanol–water partition coefficient (Wildman–Crippen LogP) is 1.19. The van der Waals surface area contributed by atoms with Gasteiger partial charge in [-0.1, -0.05) is 0 Å². The number of hydrazine groups is 1. The van der Waals surface area contributed by atoms with Crippen LogP contribution in [0.4, 0.5) is 0 Å². The molecule has 0 aromatic carbocycles. The van der Waals surface area contributed by atoms with Crippen molar-refractivity contribution in [3.05, 3.63) is 18.1 Å². The molecule has 6 heteroatoms. The van der Waals surface area contributed by atoms with E-state index in [1.54, 1.807) is 19.5 Å². The number of nitrogens with zero attached hydrogens (tertiary/aromatic N) is 2. The van der Waals surface area contributed by atoms with Gasteiger partial charge < -0.3 is 9.47 Å². The molecule has 3 N–H and O–H groups in total. The number of nitrogens with one attached hydrogen (secondary N) is 1. The summed E-state index contributed by atoms with van der Waals surface area (Å²) in [4.78, 5) is 8.48. The quantitative estimate of drug-likeness (QED) is 0.570. The maximum absolute atomic E-state index is 5.64. The van der Waals surface area contributed by atoms with E-state index < -0.39 is 0 Å². The molecule has 1 unspecified atom stereocenters. The van der Waals surface area contributed by atoms with E-state index in [1.165, 1.54) is 0 Å². The summed E-state index contributed by atoms with van der Waals surface area (Å²) in [5.41, 5.74) is 3.59. The van der Waals surface area contributed by atoms with E-state index in [4.69, 9.17) is 15.3 Å². The smallest absolute Gasteiger partial charge is 0.237 e. The van der Waals surface area contributed by atoms with Gasteiger partial charge in [-0.25, -0.2) is 4.98 Å². The van der Waals surface area contributed by atoms with Crippen molar-refractivity contribution in [1.82, 2.24) is 15.4 Å². The van der Waals surface area contributed by atoms with Crippen molar-refractivity contribution in [2.24, 2.45) is 11.8 Å². The van der Waals surface area contributed by atoms with Gasteiger partial charge in [0, 0.05) is 19.0 Å². The number of methoxy groups -OCH3 is 1. The molecular formula is C13H22N4O2. The van der Waals surface area contributed by atoms with Crippen LogP contribution in [0.1, 0.15) is 37.9 Å². The molecule has 1 aromatic heterocycles. The summed E-state index contributed by atoms with van der Waals surface area (Å²) in [6.07, 6.45) is 6.80. The molecule has 0 bridgehead atoms. The lowest BCUT2D eigenvalue weighted by molar-refractivity contribution is -0.0293. The second kappa shape index (κ2) is 6.79. The Morgan fingerprint density at radius 3 is 2.79 bits per heavy atom. The van der Waals surface area contributed by atoms with Crippen molar-refractivity contribution in [2.75, 3.05) is 13.7 Å². The van der Waals surface area contributed by atoms with Crippen LogP contribution in [-0.4, -0.2) is 29.8 Å². The molecule has 106 valence electrons. The van der Waals surface area contributed by atoms with Gasteiger partial charge in [0.2, 0.25) is 5.88 Å². The van der Waals surface area contributed by atoms with Crippen molar-refractivity contribution in [2.45, 2.75) is 38.3 Å². The molecule has 0 spiro atoms. The Morgan fingerprint density at radius 2 is 2.16 bits per heavy atom. The van der Waals surface area contributed by atoms with Crippen LogP contribution in [0.2, 0.25) is 0 Å². The summed E-state index contributed by atoms with van der Waals surface area (Å²) in [5, 5.41) is 0. The van der Waals surface area contributed by atoms with Crippen LogP contribution < -0.4 is 16.0 Å². The molecule has 0 aliphatic heterocycles. The first-order chi connectivity index (χ1) is 9.28. The molecule has 1 fully saturated rings. The lowest BCUT2D eigenvalue weighted by Crippen LogP contribution is -2.37. The van der Waals surface area contributed by atoms with Gasteiger partial charge in [-0.3, -0.25) is 16.3 Å². The Hall–Kier alpha value is -1.24. The van der Waals surface area contributed by atoms with Crippen molar-refractivity contribution >= 4 is 0 Å². The minimum Gasteiger partial charge on any atom is -0.480 e. The molecular weight excluding hydrogens is 244 g/mol. The summed E-state index contributed by atoms with van der Waals surface area (Å²) >= 11 is 0. The number of aromatic nitrogens is 2. The fourth-order valence-corrected chi connectivity index (χ4v) is 2.56. The van der Waals surface area contributed by atoms with E-state index in [-0.39, 0.29) is 6.04 Å². The molecule has 1 heterocycles. The summed E-state index contributed by atoms with van der Waals surface area (Å²) in [6.45, 7) is 2.82. The van der Waals surface area contributed by atoms with E-state index in [0.29, 0.717) is 17.9 Å². The molecule has 6 nitrogen and oxygen atoms in total. The van der Waals surface area contributed by atoms with Crippen LogP contribution in [0.5, 0.6) is 5.88 Å². The van der Waals surface area contributed by atoms with Crippen LogP contribution >= 0.6 is 0 Å². The SMILES string of the molecule is CCOC1CC(CC(NN)c2nccnc2OC)C1. The molecule has 1 saturated carbocycles. The first-order valence-electron chi connectivity index (χ1n) is 6.71. The van der Waals surface area contributed by atoms with Crippen LogP contribution in [-0.2, 0) is 4.74 Å². The predicted molar refractivity (Wildman–Crippen MR) is 71.4 cm³/mol. The topological polar surface area (TPSA) is 82.3 Å². The Bertz CT molecular complexity index is 396. The number of hydrogen-bond donors (Lipinski definition) is 2. The fraction of sp³-hybridized carbons (Fsp3) is 0.692. The number of rotatable bonds is 7. The highest BCUT2D eigenvalue weighted by Crippen LogP contribution is 2.37. The first-order valence-corrected chi connectivity index (χ1v) is 6.71. The normalized spacial score (nSPS) is 23.7. The molecule has 19 heavy (non-hydrogen) atoms. The largest absolute Gasteiger partial charge is 0.480 e. The summed E-state index contributed by atoms with van der Waals surface area (Å²) < 4.78 is 10.8. The van der Waals surface area contributed by atoms with Crippen LogP contribution in [0.15, 0.2) is 12.4 Å². The molecule has 1 aliphatic carbocycles. The van der Waals surface area contributed by atoms with E-state index >= 15 is 0 Å². The van der Waals surface area contributed by atoms with Gasteiger partial charge in [-0.05, 0) is 32.1 Å². The summed E-state index contributed by atoms with van der Waals surface area (Å²) in [7, 11) is 1.59. The Labute approximate surface area is 113 Å². The van der Waals surface area contributed by atoms with Crippen molar-refractivity contribution in [3.8, 4) is 5.88 Å². The molecule has 2 rings (SSSR count). The Balaban J connectivity index is 1.94. The minimum absolute atomic E-state index is 0.0313. The summed E-state index contributed by atoms with van der Waals surface area (Å²) in [6, 6.07) is -0.0313. The second-order valence-corrected chi connectivity index (χ2v) is 4.82. The monoisotopic (exact) mass is 266 g/mol. The van der Waals surface area contributed by atoms with Gasteiger partial charge in [0.25, 0.3) is 0 Å². The highest BCUT2D eigenvalue weighted by Gasteiger charge is 2.32. The minimum atomic E-state index is -0.0313. The maximum Gasteiger partial charge on any atom is 0.237 e. The first kappa shape index (κ1) is 14.2. The maximum atomic E-state index is 5.64. The van der Waals surface area contributed by atoms with Crippen LogP contribution in [0.3, 0.4) is 0 Å². The van der Waals surface area contributed by atoms with Gasteiger partial charge in [0.1, 0.15) is 5.69 Å². The van der Waals surface area contributed by atoms with Crippen molar-refractivity contribution in [1.29, 1.82) is 0 Å². The summed E-state index contributed by atoms with van der Waals surface area (Å²) in [5.74, 6) is 6.79. The van der Waals surface area contributed by atoms with E-state index in [9.17, 15) is 0 Å². The standard InChI is InChI=1S/C13H22N4O2/c1-3-19-10-6-9(7-10)8-11(17-14)12-13(18-2)16-5-4-15-12/h4-5,9-11,17H,3,6-8,14H2,1-2H3. The fourth-order valence-electron chi connectivity index (χ4n) is 2.56. The van der Waals surface area contributed by atoms with Gasteiger partial charge in [0.05, 0.1) is 19.3 Å². The molecule has 0 radical (unpaired) electrons. The molecule has 0 amide bonds. The number of ether oxygens (including phenoxy) is 2. The lowest BCUT2D eigenvalue weighted by Gasteiger charge is -2.36. The zero-order valence-electron chi connectivity index (χ0n) is 11.5. The Kier molecular flexibility index (Phi) is 5.07. The lowest BCUT2D eigenvalue weighted by atomic mass is 9.78. The van der Waals surface area contributed by atoms with Gasteiger partial charge in [0.15, 0.2) is 0 Å². The van der Waals surface area contributed by atoms with Crippen LogP contribution in [0.25, 0.3) is 0 Å². The van der Waals surface area contributed by atoms with E-state index in [1.807, 2.05) is 6.92 Å². The third-order valence-electron chi connectivity index (χ3n) is 3.58.